The quantitative estimate of drug-likeness (QED) is 0.694. The van der Waals surface area contributed by atoms with E-state index in [0.29, 0.717) is 18.7 Å². The summed E-state index contributed by atoms with van der Waals surface area (Å²) >= 11 is 0. The number of rotatable bonds is 1. The van der Waals surface area contributed by atoms with Gasteiger partial charge in [-0.2, -0.15) is 4.39 Å². The smallest absolute Gasteiger partial charge is 0.277 e. The van der Waals surface area contributed by atoms with E-state index in [1.54, 1.807) is 23.4 Å². The minimum absolute atomic E-state index is 0.131. The molecule has 5 nitrogen and oxygen atoms in total. The molecule has 3 aromatic heterocycles. The van der Waals surface area contributed by atoms with Crippen molar-refractivity contribution in [3.8, 4) is 0 Å². The lowest BCUT2D eigenvalue weighted by Crippen LogP contribution is -2.26. The van der Waals surface area contributed by atoms with Gasteiger partial charge in [-0.15, -0.1) is 0 Å². The van der Waals surface area contributed by atoms with Crippen LogP contribution in [-0.2, 0) is 13.1 Å². The number of amides is 1. The van der Waals surface area contributed by atoms with Crippen molar-refractivity contribution >= 4 is 11.6 Å². The second kappa shape index (κ2) is 4.87. The molecule has 0 atom stereocenters. The van der Waals surface area contributed by atoms with Crippen LogP contribution in [0.4, 0.5) is 4.39 Å². The first-order valence-corrected chi connectivity index (χ1v) is 7.41. The summed E-state index contributed by atoms with van der Waals surface area (Å²) in [6, 6.07) is 5.52. The lowest BCUT2D eigenvalue weighted by atomic mass is 10.2. The van der Waals surface area contributed by atoms with E-state index in [4.69, 9.17) is 0 Å². The van der Waals surface area contributed by atoms with Gasteiger partial charge in [0.25, 0.3) is 5.91 Å². The van der Waals surface area contributed by atoms with Gasteiger partial charge in [0.05, 0.1) is 0 Å². The number of pyridine rings is 2. The van der Waals surface area contributed by atoms with E-state index in [-0.39, 0.29) is 5.69 Å². The summed E-state index contributed by atoms with van der Waals surface area (Å²) in [4.78, 5) is 22.7. The van der Waals surface area contributed by atoms with E-state index < -0.39 is 11.9 Å². The highest BCUT2D eigenvalue weighted by atomic mass is 19.1. The molecule has 4 rings (SSSR count). The van der Waals surface area contributed by atoms with E-state index in [0.717, 1.165) is 22.4 Å². The average Bonchev–Trinajstić information content (AvgIpc) is 3.08. The van der Waals surface area contributed by atoms with Gasteiger partial charge in [-0.05, 0) is 42.7 Å². The third-order valence-corrected chi connectivity index (χ3v) is 4.14. The second-order valence-electron chi connectivity index (χ2n) is 5.94. The fourth-order valence-electron chi connectivity index (χ4n) is 2.95. The Hall–Kier alpha value is -2.76. The number of hydrogen-bond donors (Lipinski definition) is 0. The van der Waals surface area contributed by atoms with Crippen molar-refractivity contribution < 1.29 is 9.18 Å². The molecule has 0 N–H and O–H groups in total. The molecular weight excluding hydrogens is 295 g/mol. The number of hydrogen-bond acceptors (Lipinski definition) is 3. The number of halogens is 1. The molecule has 3 aromatic rings. The molecule has 116 valence electrons. The van der Waals surface area contributed by atoms with Gasteiger partial charge in [0.1, 0.15) is 5.65 Å². The van der Waals surface area contributed by atoms with Crippen LogP contribution in [0.5, 0.6) is 0 Å². The highest BCUT2D eigenvalue weighted by molar-refractivity contribution is 5.93. The number of fused-ring (bicyclic) bond motifs is 2. The molecule has 0 bridgehead atoms. The Morgan fingerprint density at radius 2 is 2.00 bits per heavy atom. The van der Waals surface area contributed by atoms with Gasteiger partial charge in [-0.1, -0.05) is 6.07 Å². The number of imidazole rings is 1. The van der Waals surface area contributed by atoms with E-state index >= 15 is 0 Å². The van der Waals surface area contributed by atoms with Crippen molar-refractivity contribution in [3.05, 3.63) is 64.6 Å². The van der Waals surface area contributed by atoms with Crippen LogP contribution in [0.2, 0.25) is 0 Å². The summed E-state index contributed by atoms with van der Waals surface area (Å²) in [6.07, 6.45) is 3.42. The minimum atomic E-state index is -0.612. The summed E-state index contributed by atoms with van der Waals surface area (Å²) in [5, 5.41) is 0. The molecule has 1 aliphatic rings. The number of aromatic nitrogens is 3. The van der Waals surface area contributed by atoms with Crippen LogP contribution in [-0.4, -0.2) is 25.2 Å². The maximum absolute atomic E-state index is 14.5. The molecule has 4 heterocycles. The monoisotopic (exact) mass is 310 g/mol. The topological polar surface area (TPSA) is 50.5 Å². The number of aryl methyl sites for hydroxylation is 2. The zero-order valence-electron chi connectivity index (χ0n) is 12.9. The van der Waals surface area contributed by atoms with Crippen molar-refractivity contribution in [2.45, 2.75) is 26.9 Å². The largest absolute Gasteiger partial charge is 0.328 e. The van der Waals surface area contributed by atoms with Crippen molar-refractivity contribution in [1.29, 1.82) is 0 Å². The van der Waals surface area contributed by atoms with E-state index in [2.05, 4.69) is 9.97 Å². The summed E-state index contributed by atoms with van der Waals surface area (Å²) < 4.78 is 15.9. The lowest BCUT2D eigenvalue weighted by molar-refractivity contribution is 0.0740. The first kappa shape index (κ1) is 13.9. The molecule has 0 saturated carbocycles. The normalized spacial score (nSPS) is 13.6. The molecule has 1 aliphatic heterocycles. The minimum Gasteiger partial charge on any atom is -0.328 e. The molecule has 6 heteroatoms. The molecular formula is C17H15FN4O. The van der Waals surface area contributed by atoms with Crippen molar-refractivity contribution in [2.75, 3.05) is 0 Å². The highest BCUT2D eigenvalue weighted by Crippen LogP contribution is 2.25. The molecule has 0 aromatic carbocycles. The van der Waals surface area contributed by atoms with Gasteiger partial charge >= 0.3 is 0 Å². The van der Waals surface area contributed by atoms with Crippen LogP contribution in [0.1, 0.15) is 32.9 Å². The number of carbonyl (C=O) groups is 1. The van der Waals surface area contributed by atoms with Gasteiger partial charge in [-0.25, -0.2) is 4.98 Å². The Morgan fingerprint density at radius 1 is 1.22 bits per heavy atom. The van der Waals surface area contributed by atoms with Crippen LogP contribution in [0.15, 0.2) is 30.6 Å². The van der Waals surface area contributed by atoms with Gasteiger partial charge in [-0.3, -0.25) is 14.2 Å². The summed E-state index contributed by atoms with van der Waals surface area (Å²) in [6.45, 7) is 4.68. The molecule has 0 radical (unpaired) electrons. The fourth-order valence-corrected chi connectivity index (χ4v) is 2.95. The number of nitrogens with zero attached hydrogens (tertiary/aromatic N) is 4. The molecule has 1 amide bonds. The van der Waals surface area contributed by atoms with E-state index in [1.165, 1.54) is 4.40 Å². The molecule has 0 unspecified atom stereocenters. The van der Waals surface area contributed by atoms with Crippen LogP contribution in [0.25, 0.3) is 5.65 Å². The lowest BCUT2D eigenvalue weighted by Gasteiger charge is -2.13. The maximum atomic E-state index is 14.5. The Balaban J connectivity index is 1.69. The average molecular weight is 310 g/mol. The van der Waals surface area contributed by atoms with Crippen LogP contribution < -0.4 is 0 Å². The Bertz CT molecular complexity index is 947. The van der Waals surface area contributed by atoms with Crippen molar-refractivity contribution in [1.82, 2.24) is 19.3 Å². The second-order valence-corrected chi connectivity index (χ2v) is 5.94. The van der Waals surface area contributed by atoms with Crippen molar-refractivity contribution in [2.24, 2.45) is 0 Å². The standard InChI is InChI=1S/C17H15FN4O/c1-10-3-4-14-20-15(16(18)22(14)7-10)17(23)21-8-12-5-11(2)19-6-13(12)9-21/h3-7H,8-9H2,1-2H3. The van der Waals surface area contributed by atoms with Crippen LogP contribution in [0, 0.1) is 19.8 Å². The van der Waals surface area contributed by atoms with Gasteiger partial charge < -0.3 is 4.90 Å². The zero-order valence-corrected chi connectivity index (χ0v) is 12.9. The predicted molar refractivity (Wildman–Crippen MR) is 82.4 cm³/mol. The zero-order chi connectivity index (χ0) is 16.1. The molecule has 0 spiro atoms. The van der Waals surface area contributed by atoms with Crippen LogP contribution >= 0.6 is 0 Å². The van der Waals surface area contributed by atoms with Crippen LogP contribution in [0.3, 0.4) is 0 Å². The third-order valence-electron chi connectivity index (χ3n) is 4.14. The Labute approximate surface area is 132 Å². The molecule has 0 saturated heterocycles. The summed E-state index contributed by atoms with van der Waals surface area (Å²) in [5.41, 5.74) is 4.18. The third kappa shape index (κ3) is 2.18. The van der Waals surface area contributed by atoms with Crippen molar-refractivity contribution in [3.63, 3.8) is 0 Å². The molecule has 0 aliphatic carbocycles. The molecule has 0 fully saturated rings. The first-order valence-electron chi connectivity index (χ1n) is 7.41. The summed E-state index contributed by atoms with van der Waals surface area (Å²) in [5.74, 6) is -1.00. The highest BCUT2D eigenvalue weighted by Gasteiger charge is 2.29. The predicted octanol–water partition coefficient (Wildman–Crippen LogP) is 2.64. The van der Waals surface area contributed by atoms with Gasteiger partial charge in [0.2, 0.25) is 5.95 Å². The Kier molecular flexibility index (Phi) is 2.94. The number of carbonyl (C=O) groups excluding carboxylic acids is 1. The SMILES string of the molecule is Cc1ccc2nc(C(=O)N3Cc4cnc(C)cc4C3)c(F)n2c1. The van der Waals surface area contributed by atoms with Gasteiger partial charge in [0.15, 0.2) is 5.69 Å². The fraction of sp³-hybridized carbons (Fsp3) is 0.235. The summed E-state index contributed by atoms with van der Waals surface area (Å²) in [7, 11) is 0. The van der Waals surface area contributed by atoms with E-state index in [1.807, 2.05) is 26.0 Å². The molecule has 23 heavy (non-hydrogen) atoms. The first-order chi connectivity index (χ1) is 11.0. The maximum Gasteiger partial charge on any atom is 0.277 e. The Morgan fingerprint density at radius 3 is 2.83 bits per heavy atom. The van der Waals surface area contributed by atoms with Gasteiger partial charge in [0, 0.05) is 31.2 Å². The van der Waals surface area contributed by atoms with E-state index in [9.17, 15) is 9.18 Å².